The number of sulfonamides is 1. The van der Waals surface area contributed by atoms with Gasteiger partial charge in [-0.15, -0.1) is 0 Å². The Morgan fingerprint density at radius 2 is 2.22 bits per heavy atom. The van der Waals surface area contributed by atoms with Gasteiger partial charge in [0.25, 0.3) is 0 Å². The molecule has 9 heteroatoms. The minimum atomic E-state index is -3.18. The Hall–Kier alpha value is -1.58. The lowest BCUT2D eigenvalue weighted by Crippen LogP contribution is -2.41. The average Bonchev–Trinajstić information content (AvgIpc) is 3.30. The van der Waals surface area contributed by atoms with Crippen LogP contribution in [-0.4, -0.2) is 70.4 Å². The summed E-state index contributed by atoms with van der Waals surface area (Å²) in [6, 6.07) is 3.75. The Kier molecular flexibility index (Phi) is 9.09. The van der Waals surface area contributed by atoms with Gasteiger partial charge < -0.3 is 19.8 Å². The van der Waals surface area contributed by atoms with Crippen LogP contribution >= 0.6 is 0 Å². The molecule has 0 bridgehead atoms. The summed E-state index contributed by atoms with van der Waals surface area (Å²) in [7, 11) is -3.18. The zero-order valence-electron chi connectivity index (χ0n) is 16.3. The lowest BCUT2D eigenvalue weighted by molar-refractivity contribution is 0.145. The van der Waals surface area contributed by atoms with Gasteiger partial charge >= 0.3 is 0 Å². The van der Waals surface area contributed by atoms with E-state index in [0.717, 1.165) is 38.0 Å². The summed E-state index contributed by atoms with van der Waals surface area (Å²) >= 11 is 0. The molecule has 0 aromatic carbocycles. The van der Waals surface area contributed by atoms with E-state index in [-0.39, 0.29) is 6.04 Å². The van der Waals surface area contributed by atoms with Crippen LogP contribution in [0.2, 0.25) is 0 Å². The first-order valence-electron chi connectivity index (χ1n) is 9.60. The van der Waals surface area contributed by atoms with Crippen LogP contribution in [0.15, 0.2) is 27.8 Å². The highest BCUT2D eigenvalue weighted by Crippen LogP contribution is 2.20. The Balaban J connectivity index is 1.87. The van der Waals surface area contributed by atoms with Gasteiger partial charge in [0.2, 0.25) is 10.0 Å². The molecule has 1 saturated heterocycles. The molecular formula is C18H32N4O4S. The Labute approximate surface area is 162 Å². The molecule has 0 spiro atoms. The first-order chi connectivity index (χ1) is 13.0. The zero-order chi connectivity index (χ0) is 19.5. The van der Waals surface area contributed by atoms with E-state index in [1.165, 1.54) is 6.26 Å². The van der Waals surface area contributed by atoms with Crippen molar-refractivity contribution in [2.75, 3.05) is 45.6 Å². The van der Waals surface area contributed by atoms with E-state index < -0.39 is 10.0 Å². The SMILES string of the molecule is CCOCCCNC(=NC[C@H]1CCCN1S(C)(=O)=O)NCCc1ccco1. The molecule has 1 aliphatic rings. The van der Waals surface area contributed by atoms with E-state index in [1.54, 1.807) is 10.6 Å². The smallest absolute Gasteiger partial charge is 0.211 e. The maximum Gasteiger partial charge on any atom is 0.211 e. The van der Waals surface area contributed by atoms with Crippen molar-refractivity contribution in [3.8, 4) is 0 Å². The first-order valence-corrected chi connectivity index (χ1v) is 11.4. The lowest BCUT2D eigenvalue weighted by atomic mass is 10.2. The average molecular weight is 401 g/mol. The number of furan rings is 1. The summed E-state index contributed by atoms with van der Waals surface area (Å²) in [5, 5.41) is 6.59. The molecule has 2 N–H and O–H groups in total. The number of rotatable bonds is 11. The highest BCUT2D eigenvalue weighted by atomic mass is 32.2. The number of guanidine groups is 1. The number of aliphatic imine (C=N–C) groups is 1. The molecule has 8 nitrogen and oxygen atoms in total. The van der Waals surface area contributed by atoms with Crippen molar-refractivity contribution in [2.45, 2.75) is 38.6 Å². The summed E-state index contributed by atoms with van der Waals surface area (Å²) in [5.74, 6) is 1.61. The Morgan fingerprint density at radius 1 is 1.41 bits per heavy atom. The van der Waals surface area contributed by atoms with Crippen molar-refractivity contribution >= 4 is 16.0 Å². The fraction of sp³-hybridized carbons (Fsp3) is 0.722. The normalized spacial score (nSPS) is 18.7. The van der Waals surface area contributed by atoms with Gasteiger partial charge in [-0.2, -0.15) is 4.31 Å². The van der Waals surface area contributed by atoms with Crippen molar-refractivity contribution in [2.24, 2.45) is 4.99 Å². The molecule has 1 aromatic heterocycles. The summed E-state index contributed by atoms with van der Waals surface area (Å²) in [6.07, 6.45) is 6.30. The van der Waals surface area contributed by atoms with E-state index in [0.29, 0.717) is 38.8 Å². The van der Waals surface area contributed by atoms with Gasteiger partial charge in [-0.1, -0.05) is 0 Å². The molecule has 0 amide bonds. The quantitative estimate of drug-likeness (QED) is 0.329. The third kappa shape index (κ3) is 7.90. The lowest BCUT2D eigenvalue weighted by Gasteiger charge is -2.21. The van der Waals surface area contributed by atoms with E-state index in [1.807, 2.05) is 19.1 Å². The zero-order valence-corrected chi connectivity index (χ0v) is 17.1. The third-order valence-corrected chi connectivity index (χ3v) is 5.75. The van der Waals surface area contributed by atoms with Crippen LogP contribution in [0.1, 0.15) is 31.9 Å². The topological polar surface area (TPSA) is 96.2 Å². The first kappa shape index (κ1) is 21.7. The largest absolute Gasteiger partial charge is 0.469 e. The van der Waals surface area contributed by atoms with Gasteiger partial charge in [-0.05, 0) is 38.3 Å². The van der Waals surface area contributed by atoms with Crippen molar-refractivity contribution in [1.29, 1.82) is 0 Å². The highest BCUT2D eigenvalue weighted by Gasteiger charge is 2.31. The van der Waals surface area contributed by atoms with E-state index in [2.05, 4.69) is 15.6 Å². The molecule has 0 radical (unpaired) electrons. The maximum absolute atomic E-state index is 11.9. The number of ether oxygens (including phenoxy) is 1. The monoisotopic (exact) mass is 400 g/mol. The fourth-order valence-corrected chi connectivity index (χ4v) is 4.26. The van der Waals surface area contributed by atoms with Gasteiger partial charge in [-0.25, -0.2) is 8.42 Å². The highest BCUT2D eigenvalue weighted by molar-refractivity contribution is 7.88. The summed E-state index contributed by atoms with van der Waals surface area (Å²) in [6.45, 7) is 5.86. The van der Waals surface area contributed by atoms with Crippen molar-refractivity contribution < 1.29 is 17.6 Å². The van der Waals surface area contributed by atoms with Gasteiger partial charge in [0.05, 0.1) is 19.1 Å². The molecule has 2 heterocycles. The third-order valence-electron chi connectivity index (χ3n) is 4.42. The standard InChI is InChI=1S/C18H32N4O4S/c1-3-25-13-6-10-19-18(20-11-9-17-8-5-14-26-17)21-15-16-7-4-12-22(16)27(2,23)24/h5,8,14,16H,3-4,6-7,9-13,15H2,1-2H3,(H2,19,20,21)/t16-/m1/s1. The van der Waals surface area contributed by atoms with Crippen LogP contribution < -0.4 is 10.6 Å². The van der Waals surface area contributed by atoms with Crippen molar-refractivity contribution in [3.63, 3.8) is 0 Å². The molecule has 27 heavy (non-hydrogen) atoms. The minimum absolute atomic E-state index is 0.0629. The summed E-state index contributed by atoms with van der Waals surface area (Å²) in [5.41, 5.74) is 0. The van der Waals surface area contributed by atoms with Gasteiger partial charge in [0.15, 0.2) is 5.96 Å². The van der Waals surface area contributed by atoms with E-state index in [9.17, 15) is 8.42 Å². The van der Waals surface area contributed by atoms with Crippen LogP contribution in [0.4, 0.5) is 0 Å². The van der Waals surface area contributed by atoms with E-state index >= 15 is 0 Å². The Bertz CT molecular complexity index is 661. The van der Waals surface area contributed by atoms with Crippen LogP contribution in [0, 0.1) is 0 Å². The van der Waals surface area contributed by atoms with Crippen LogP contribution in [-0.2, 0) is 21.2 Å². The van der Waals surface area contributed by atoms with Crippen molar-refractivity contribution in [3.05, 3.63) is 24.2 Å². The molecule has 0 aliphatic carbocycles. The van der Waals surface area contributed by atoms with E-state index in [4.69, 9.17) is 9.15 Å². The maximum atomic E-state index is 11.9. The van der Waals surface area contributed by atoms with Gasteiger partial charge in [-0.3, -0.25) is 4.99 Å². The fourth-order valence-electron chi connectivity index (χ4n) is 3.08. The van der Waals surface area contributed by atoms with Crippen LogP contribution in [0.25, 0.3) is 0 Å². The molecule has 154 valence electrons. The van der Waals surface area contributed by atoms with Crippen LogP contribution in [0.3, 0.4) is 0 Å². The predicted octanol–water partition coefficient (Wildman–Crippen LogP) is 1.21. The number of hydrogen-bond acceptors (Lipinski definition) is 5. The second-order valence-corrected chi connectivity index (χ2v) is 8.53. The van der Waals surface area contributed by atoms with Crippen molar-refractivity contribution in [1.82, 2.24) is 14.9 Å². The van der Waals surface area contributed by atoms with Crippen LogP contribution in [0.5, 0.6) is 0 Å². The summed E-state index contributed by atoms with van der Waals surface area (Å²) < 4.78 is 36.0. The number of nitrogens with one attached hydrogen (secondary N) is 2. The molecule has 1 aliphatic heterocycles. The molecule has 1 fully saturated rings. The molecule has 1 aromatic rings. The minimum Gasteiger partial charge on any atom is -0.469 e. The number of nitrogens with zero attached hydrogens (tertiary/aromatic N) is 2. The number of hydrogen-bond donors (Lipinski definition) is 2. The van der Waals surface area contributed by atoms with Gasteiger partial charge in [0.1, 0.15) is 5.76 Å². The molecular weight excluding hydrogens is 368 g/mol. The molecule has 2 rings (SSSR count). The predicted molar refractivity (Wildman–Crippen MR) is 106 cm³/mol. The Morgan fingerprint density at radius 3 is 2.93 bits per heavy atom. The summed E-state index contributed by atoms with van der Waals surface area (Å²) in [4.78, 5) is 4.62. The molecule has 0 unspecified atom stereocenters. The second kappa shape index (κ2) is 11.3. The van der Waals surface area contributed by atoms with Gasteiger partial charge in [0, 0.05) is 45.3 Å². The second-order valence-electron chi connectivity index (χ2n) is 6.59. The molecule has 1 atom stereocenters. The molecule has 0 saturated carbocycles.